The van der Waals surface area contributed by atoms with Crippen molar-refractivity contribution in [1.82, 2.24) is 14.5 Å². The molecule has 0 aliphatic heterocycles. The summed E-state index contributed by atoms with van der Waals surface area (Å²) in [7, 11) is 0. The van der Waals surface area contributed by atoms with Gasteiger partial charge < -0.3 is 15.0 Å². The summed E-state index contributed by atoms with van der Waals surface area (Å²) in [6.45, 7) is 5.43. The predicted octanol–water partition coefficient (Wildman–Crippen LogP) is 1.95. The highest BCUT2D eigenvalue weighted by molar-refractivity contribution is 5.30. The summed E-state index contributed by atoms with van der Waals surface area (Å²) in [5.74, 6) is 0.833. The summed E-state index contributed by atoms with van der Waals surface area (Å²) in [5.41, 5.74) is 7.96. The second kappa shape index (κ2) is 7.05. The molecule has 108 valence electrons. The molecular weight excluding hydrogens is 252 g/mol. The molecule has 0 aliphatic rings. The topological polar surface area (TPSA) is 66.0 Å². The van der Waals surface area contributed by atoms with Crippen molar-refractivity contribution in [3.8, 4) is 5.75 Å². The molecule has 0 radical (unpaired) electrons. The van der Waals surface area contributed by atoms with E-state index in [0.29, 0.717) is 6.61 Å². The minimum atomic E-state index is 0.125. The maximum atomic E-state index is 6.02. The van der Waals surface area contributed by atoms with Crippen molar-refractivity contribution in [3.05, 3.63) is 42.2 Å². The van der Waals surface area contributed by atoms with Crippen LogP contribution < -0.4 is 10.5 Å². The van der Waals surface area contributed by atoms with Crippen LogP contribution in [0.3, 0.4) is 0 Å². The van der Waals surface area contributed by atoms with Crippen LogP contribution in [0.2, 0.25) is 0 Å². The minimum Gasteiger partial charge on any atom is -0.490 e. The van der Waals surface area contributed by atoms with Crippen LogP contribution in [0.4, 0.5) is 0 Å². The molecule has 20 heavy (non-hydrogen) atoms. The second-order valence-electron chi connectivity index (χ2n) is 4.92. The Labute approximate surface area is 119 Å². The summed E-state index contributed by atoms with van der Waals surface area (Å²) in [6, 6.07) is 4.07. The number of aromatic nitrogens is 3. The van der Waals surface area contributed by atoms with Gasteiger partial charge in [0.2, 0.25) is 0 Å². The van der Waals surface area contributed by atoms with Gasteiger partial charge in [-0.3, -0.25) is 4.98 Å². The molecule has 2 heterocycles. The van der Waals surface area contributed by atoms with Crippen molar-refractivity contribution < 1.29 is 4.74 Å². The highest BCUT2D eigenvalue weighted by Crippen LogP contribution is 2.19. The van der Waals surface area contributed by atoms with Gasteiger partial charge in [-0.1, -0.05) is 6.92 Å². The number of hydrogen-bond donors (Lipinski definition) is 1. The SMILES string of the molecule is CCC(N)Cc1nc(C)ccc1OCCn1ccnc1. The third-order valence-corrected chi connectivity index (χ3v) is 3.22. The summed E-state index contributed by atoms with van der Waals surface area (Å²) in [6.07, 6.45) is 7.15. The summed E-state index contributed by atoms with van der Waals surface area (Å²) in [5, 5.41) is 0. The third-order valence-electron chi connectivity index (χ3n) is 3.22. The first-order valence-electron chi connectivity index (χ1n) is 6.99. The Morgan fingerprint density at radius 2 is 2.25 bits per heavy atom. The number of aryl methyl sites for hydroxylation is 1. The fourth-order valence-corrected chi connectivity index (χ4v) is 1.95. The molecule has 0 amide bonds. The molecule has 0 aromatic carbocycles. The van der Waals surface area contributed by atoms with Gasteiger partial charge in [0, 0.05) is 30.6 Å². The fraction of sp³-hybridized carbons (Fsp3) is 0.467. The molecule has 2 rings (SSSR count). The van der Waals surface area contributed by atoms with Gasteiger partial charge in [-0.05, 0) is 25.5 Å². The summed E-state index contributed by atoms with van der Waals surface area (Å²) in [4.78, 5) is 8.56. The molecule has 0 spiro atoms. The van der Waals surface area contributed by atoms with Crippen LogP contribution >= 0.6 is 0 Å². The number of nitrogens with zero attached hydrogens (tertiary/aromatic N) is 3. The Morgan fingerprint density at radius 3 is 2.95 bits per heavy atom. The van der Waals surface area contributed by atoms with E-state index in [-0.39, 0.29) is 6.04 Å². The average Bonchev–Trinajstić information content (AvgIpc) is 2.94. The second-order valence-corrected chi connectivity index (χ2v) is 4.92. The van der Waals surface area contributed by atoms with Crippen molar-refractivity contribution >= 4 is 0 Å². The minimum absolute atomic E-state index is 0.125. The average molecular weight is 274 g/mol. The molecule has 2 aromatic rings. The van der Waals surface area contributed by atoms with E-state index in [4.69, 9.17) is 10.5 Å². The molecule has 1 unspecified atom stereocenters. The molecule has 1 atom stereocenters. The Balaban J connectivity index is 1.98. The smallest absolute Gasteiger partial charge is 0.140 e. The van der Waals surface area contributed by atoms with Gasteiger partial charge in [-0.15, -0.1) is 0 Å². The quantitative estimate of drug-likeness (QED) is 0.838. The predicted molar refractivity (Wildman–Crippen MR) is 78.7 cm³/mol. The van der Waals surface area contributed by atoms with E-state index in [1.54, 1.807) is 12.5 Å². The van der Waals surface area contributed by atoms with Crippen LogP contribution in [0.25, 0.3) is 0 Å². The lowest BCUT2D eigenvalue weighted by Crippen LogP contribution is -2.22. The van der Waals surface area contributed by atoms with Crippen molar-refractivity contribution in [1.29, 1.82) is 0 Å². The van der Waals surface area contributed by atoms with Gasteiger partial charge in [0.15, 0.2) is 0 Å². The molecule has 0 saturated carbocycles. The molecule has 0 fully saturated rings. The number of imidazole rings is 1. The lowest BCUT2D eigenvalue weighted by atomic mass is 10.1. The van der Waals surface area contributed by atoms with Crippen LogP contribution in [-0.2, 0) is 13.0 Å². The first-order chi connectivity index (χ1) is 9.69. The van der Waals surface area contributed by atoms with Crippen molar-refractivity contribution in [3.63, 3.8) is 0 Å². The lowest BCUT2D eigenvalue weighted by molar-refractivity contribution is 0.293. The molecule has 5 nitrogen and oxygen atoms in total. The first-order valence-corrected chi connectivity index (χ1v) is 6.99. The number of nitrogens with two attached hydrogens (primary N) is 1. The Hall–Kier alpha value is -1.88. The van der Waals surface area contributed by atoms with Gasteiger partial charge in [0.25, 0.3) is 0 Å². The molecule has 5 heteroatoms. The zero-order chi connectivity index (χ0) is 14.4. The number of pyridine rings is 1. The highest BCUT2D eigenvalue weighted by Gasteiger charge is 2.10. The van der Waals surface area contributed by atoms with E-state index in [1.165, 1.54) is 0 Å². The molecular formula is C15H22N4O. The zero-order valence-electron chi connectivity index (χ0n) is 12.1. The maximum absolute atomic E-state index is 6.02. The lowest BCUT2D eigenvalue weighted by Gasteiger charge is -2.14. The van der Waals surface area contributed by atoms with Gasteiger partial charge in [-0.2, -0.15) is 0 Å². The fourth-order valence-electron chi connectivity index (χ4n) is 1.95. The van der Waals surface area contributed by atoms with Crippen LogP contribution in [0.5, 0.6) is 5.75 Å². The summed E-state index contributed by atoms with van der Waals surface area (Å²) < 4.78 is 7.83. The highest BCUT2D eigenvalue weighted by atomic mass is 16.5. The number of rotatable bonds is 7. The summed E-state index contributed by atoms with van der Waals surface area (Å²) >= 11 is 0. The van der Waals surface area contributed by atoms with Gasteiger partial charge in [0.1, 0.15) is 12.4 Å². The van der Waals surface area contributed by atoms with Crippen molar-refractivity contribution in [2.45, 2.75) is 39.3 Å². The van der Waals surface area contributed by atoms with Gasteiger partial charge in [0.05, 0.1) is 18.6 Å². The zero-order valence-corrected chi connectivity index (χ0v) is 12.1. The van der Waals surface area contributed by atoms with E-state index in [1.807, 2.05) is 29.8 Å². The number of hydrogen-bond acceptors (Lipinski definition) is 4. The van der Waals surface area contributed by atoms with Crippen LogP contribution in [0, 0.1) is 6.92 Å². The van der Waals surface area contributed by atoms with E-state index in [0.717, 1.165) is 36.5 Å². The molecule has 0 aliphatic carbocycles. The largest absolute Gasteiger partial charge is 0.490 e. The number of ether oxygens (including phenoxy) is 1. The standard InChI is InChI=1S/C15H22N4O/c1-3-13(16)10-14-15(5-4-12(2)18-14)20-9-8-19-7-6-17-11-19/h4-7,11,13H,3,8-10,16H2,1-2H3. The van der Waals surface area contributed by atoms with Crippen molar-refractivity contribution in [2.75, 3.05) is 6.61 Å². The Kier molecular flexibility index (Phi) is 5.12. The molecule has 0 bridgehead atoms. The van der Waals surface area contributed by atoms with E-state index >= 15 is 0 Å². The Morgan fingerprint density at radius 1 is 1.40 bits per heavy atom. The molecule has 0 saturated heterocycles. The molecule has 2 aromatic heterocycles. The van der Waals surface area contributed by atoms with Crippen LogP contribution in [0.15, 0.2) is 30.9 Å². The van der Waals surface area contributed by atoms with Crippen LogP contribution in [-0.4, -0.2) is 27.2 Å². The maximum Gasteiger partial charge on any atom is 0.140 e. The monoisotopic (exact) mass is 274 g/mol. The first kappa shape index (κ1) is 14.5. The normalized spacial score (nSPS) is 12.3. The molecule has 2 N–H and O–H groups in total. The van der Waals surface area contributed by atoms with E-state index in [2.05, 4.69) is 16.9 Å². The van der Waals surface area contributed by atoms with Gasteiger partial charge in [-0.25, -0.2) is 4.98 Å². The van der Waals surface area contributed by atoms with Gasteiger partial charge >= 0.3 is 0 Å². The van der Waals surface area contributed by atoms with Crippen LogP contribution in [0.1, 0.15) is 24.7 Å². The Bertz CT molecular complexity index is 525. The third kappa shape index (κ3) is 4.06. The van der Waals surface area contributed by atoms with Crippen molar-refractivity contribution in [2.24, 2.45) is 5.73 Å². The van der Waals surface area contributed by atoms with E-state index in [9.17, 15) is 0 Å². The van der Waals surface area contributed by atoms with E-state index < -0.39 is 0 Å².